The zero-order chi connectivity index (χ0) is 21.1. The number of nitrogens with zero attached hydrogens (tertiary/aromatic N) is 3. The molecule has 0 bridgehead atoms. The topological polar surface area (TPSA) is 89.0 Å². The van der Waals surface area contributed by atoms with Gasteiger partial charge in [-0.25, -0.2) is 0 Å². The molecule has 0 unspecified atom stereocenters. The molecule has 1 saturated heterocycles. The third-order valence-electron chi connectivity index (χ3n) is 5.26. The molecule has 3 heterocycles. The molecule has 0 atom stereocenters. The van der Waals surface area contributed by atoms with Gasteiger partial charge >= 0.3 is 0 Å². The van der Waals surface area contributed by atoms with Crippen LogP contribution in [0.25, 0.3) is 0 Å². The average molecular weight is 409 g/mol. The number of hydrogen-bond donors (Lipinski definition) is 0. The number of hydrogen-bond acceptors (Lipinski definition) is 6. The lowest BCUT2D eigenvalue weighted by Gasteiger charge is -2.34. The minimum Gasteiger partial charge on any atom is -0.488 e. The number of amides is 2. The number of piperazine rings is 1. The largest absolute Gasteiger partial charge is 0.488 e. The Hall–Kier alpha value is -3.55. The van der Waals surface area contributed by atoms with E-state index in [1.807, 2.05) is 26.0 Å². The molecule has 3 aromatic rings. The maximum absolute atomic E-state index is 13.1. The van der Waals surface area contributed by atoms with Crippen LogP contribution in [0.3, 0.4) is 0 Å². The van der Waals surface area contributed by atoms with Gasteiger partial charge in [0.05, 0.1) is 23.1 Å². The van der Waals surface area contributed by atoms with Gasteiger partial charge in [-0.15, -0.1) is 0 Å². The molecule has 30 heavy (non-hydrogen) atoms. The highest BCUT2D eigenvalue weighted by Gasteiger charge is 2.28. The fourth-order valence-electron chi connectivity index (χ4n) is 3.47. The van der Waals surface area contributed by atoms with Crippen molar-refractivity contribution in [2.45, 2.75) is 20.5 Å². The minimum atomic E-state index is -0.157. The second-order valence-corrected chi connectivity index (χ2v) is 7.15. The Balaban J connectivity index is 1.41. The Morgan fingerprint density at radius 3 is 2.33 bits per heavy atom. The molecule has 1 aliphatic rings. The zero-order valence-corrected chi connectivity index (χ0v) is 17.0. The second kappa shape index (κ2) is 8.44. The summed E-state index contributed by atoms with van der Waals surface area (Å²) < 4.78 is 16.3. The normalized spacial score (nSPS) is 14.1. The third kappa shape index (κ3) is 3.94. The number of ether oxygens (including phenoxy) is 1. The molecule has 8 nitrogen and oxygen atoms in total. The minimum absolute atomic E-state index is 0.116. The highest BCUT2D eigenvalue weighted by molar-refractivity contribution is 5.97. The molecule has 0 spiro atoms. The first kappa shape index (κ1) is 19.8. The Kier molecular flexibility index (Phi) is 5.56. The summed E-state index contributed by atoms with van der Waals surface area (Å²) in [5.41, 5.74) is 2.14. The van der Waals surface area contributed by atoms with Gasteiger partial charge in [0.25, 0.3) is 11.8 Å². The van der Waals surface area contributed by atoms with Crippen molar-refractivity contribution in [3.05, 3.63) is 71.0 Å². The monoisotopic (exact) mass is 409 g/mol. The van der Waals surface area contributed by atoms with Crippen molar-refractivity contribution in [2.75, 3.05) is 26.2 Å². The Morgan fingerprint density at radius 2 is 1.70 bits per heavy atom. The van der Waals surface area contributed by atoms with Crippen molar-refractivity contribution in [3.8, 4) is 5.75 Å². The van der Waals surface area contributed by atoms with E-state index < -0.39 is 0 Å². The lowest BCUT2D eigenvalue weighted by Crippen LogP contribution is -2.50. The van der Waals surface area contributed by atoms with Crippen LogP contribution in [0.5, 0.6) is 5.75 Å². The number of rotatable bonds is 5. The maximum atomic E-state index is 13.1. The Morgan fingerprint density at radius 1 is 1.00 bits per heavy atom. The molecule has 8 heteroatoms. The SMILES string of the molecule is Cc1noc(C)c1COc1ccccc1C(=O)N1CCN(C(=O)c2ccco2)CC1. The summed E-state index contributed by atoms with van der Waals surface area (Å²) in [5, 5.41) is 3.93. The molecular weight excluding hydrogens is 386 g/mol. The molecule has 4 rings (SSSR count). The quantitative estimate of drug-likeness (QED) is 0.643. The molecule has 2 amide bonds. The van der Waals surface area contributed by atoms with Crippen LogP contribution in [0, 0.1) is 13.8 Å². The van der Waals surface area contributed by atoms with Crippen LogP contribution < -0.4 is 4.74 Å². The molecular formula is C22H23N3O5. The second-order valence-electron chi connectivity index (χ2n) is 7.15. The number of furan rings is 1. The first-order valence-corrected chi connectivity index (χ1v) is 9.80. The van der Waals surface area contributed by atoms with Crippen molar-refractivity contribution < 1.29 is 23.3 Å². The smallest absolute Gasteiger partial charge is 0.289 e. The van der Waals surface area contributed by atoms with Gasteiger partial charge in [0, 0.05) is 26.2 Å². The number of para-hydroxylation sites is 1. The summed E-state index contributed by atoms with van der Waals surface area (Å²) in [6.45, 7) is 5.76. The van der Waals surface area contributed by atoms with Crippen LogP contribution in [0.15, 0.2) is 51.6 Å². The van der Waals surface area contributed by atoms with Crippen LogP contribution in [0.2, 0.25) is 0 Å². The zero-order valence-electron chi connectivity index (χ0n) is 17.0. The Bertz CT molecular complexity index is 1010. The predicted molar refractivity (Wildman–Crippen MR) is 107 cm³/mol. The molecule has 1 aromatic carbocycles. The van der Waals surface area contributed by atoms with E-state index in [2.05, 4.69) is 5.16 Å². The van der Waals surface area contributed by atoms with Crippen LogP contribution in [0.4, 0.5) is 0 Å². The molecule has 2 aromatic heterocycles. The van der Waals surface area contributed by atoms with Crippen molar-refractivity contribution in [1.82, 2.24) is 15.0 Å². The Labute approximate surface area is 174 Å². The molecule has 156 valence electrons. The summed E-state index contributed by atoms with van der Waals surface area (Å²) in [6, 6.07) is 10.5. The van der Waals surface area contributed by atoms with Gasteiger partial charge < -0.3 is 23.5 Å². The lowest BCUT2D eigenvalue weighted by atomic mass is 10.1. The van der Waals surface area contributed by atoms with E-state index in [4.69, 9.17) is 13.7 Å². The molecule has 0 N–H and O–H groups in total. The highest BCUT2D eigenvalue weighted by Crippen LogP contribution is 2.23. The van der Waals surface area contributed by atoms with Gasteiger partial charge in [-0.05, 0) is 38.1 Å². The van der Waals surface area contributed by atoms with Crippen molar-refractivity contribution >= 4 is 11.8 Å². The fourth-order valence-corrected chi connectivity index (χ4v) is 3.47. The van der Waals surface area contributed by atoms with E-state index in [1.54, 1.807) is 34.1 Å². The van der Waals surface area contributed by atoms with Crippen LogP contribution >= 0.6 is 0 Å². The van der Waals surface area contributed by atoms with Gasteiger partial charge in [0.15, 0.2) is 5.76 Å². The van der Waals surface area contributed by atoms with Gasteiger partial charge in [0.1, 0.15) is 18.1 Å². The van der Waals surface area contributed by atoms with Crippen molar-refractivity contribution in [1.29, 1.82) is 0 Å². The fraction of sp³-hybridized carbons (Fsp3) is 0.318. The number of benzene rings is 1. The summed E-state index contributed by atoms with van der Waals surface area (Å²) in [6.07, 6.45) is 1.48. The van der Waals surface area contributed by atoms with Crippen LogP contribution in [-0.4, -0.2) is 52.9 Å². The first-order valence-electron chi connectivity index (χ1n) is 9.80. The van der Waals surface area contributed by atoms with Crippen molar-refractivity contribution in [2.24, 2.45) is 0 Å². The van der Waals surface area contributed by atoms with E-state index >= 15 is 0 Å². The third-order valence-corrected chi connectivity index (χ3v) is 5.26. The standard InChI is InChI=1S/C22H23N3O5/c1-15-18(16(2)30-23-15)14-29-19-7-4-3-6-17(19)21(26)24-9-11-25(12-10-24)22(27)20-8-5-13-28-20/h3-8,13H,9-12,14H2,1-2H3. The lowest BCUT2D eigenvalue weighted by molar-refractivity contribution is 0.0515. The number of aromatic nitrogens is 1. The molecule has 0 aliphatic carbocycles. The van der Waals surface area contributed by atoms with E-state index in [0.29, 0.717) is 49.0 Å². The van der Waals surface area contributed by atoms with E-state index in [0.717, 1.165) is 11.3 Å². The van der Waals surface area contributed by atoms with Gasteiger partial charge in [-0.1, -0.05) is 17.3 Å². The van der Waals surface area contributed by atoms with E-state index in [9.17, 15) is 9.59 Å². The van der Waals surface area contributed by atoms with Crippen molar-refractivity contribution in [3.63, 3.8) is 0 Å². The van der Waals surface area contributed by atoms with Gasteiger partial charge in [-0.2, -0.15) is 0 Å². The highest BCUT2D eigenvalue weighted by atomic mass is 16.5. The number of carbonyl (C=O) groups is 2. The van der Waals surface area contributed by atoms with Gasteiger partial charge in [-0.3, -0.25) is 9.59 Å². The van der Waals surface area contributed by atoms with E-state index in [-0.39, 0.29) is 18.4 Å². The molecule has 0 saturated carbocycles. The average Bonchev–Trinajstić information content (AvgIpc) is 3.42. The molecule has 1 fully saturated rings. The molecule has 1 aliphatic heterocycles. The number of aryl methyl sites for hydroxylation is 2. The number of carbonyl (C=O) groups excluding carboxylic acids is 2. The maximum Gasteiger partial charge on any atom is 0.289 e. The van der Waals surface area contributed by atoms with Gasteiger partial charge in [0.2, 0.25) is 0 Å². The van der Waals surface area contributed by atoms with Crippen LogP contribution in [0.1, 0.15) is 37.9 Å². The van der Waals surface area contributed by atoms with Crippen LogP contribution in [-0.2, 0) is 6.61 Å². The summed E-state index contributed by atoms with van der Waals surface area (Å²) >= 11 is 0. The summed E-state index contributed by atoms with van der Waals surface area (Å²) in [4.78, 5) is 29.0. The summed E-state index contributed by atoms with van der Waals surface area (Å²) in [5.74, 6) is 1.25. The van der Waals surface area contributed by atoms with E-state index in [1.165, 1.54) is 6.26 Å². The summed E-state index contributed by atoms with van der Waals surface area (Å²) in [7, 11) is 0. The predicted octanol–water partition coefficient (Wildman–Crippen LogP) is 3.06. The molecule has 0 radical (unpaired) electrons. The first-order chi connectivity index (χ1) is 14.5.